The first-order valence-corrected chi connectivity index (χ1v) is 6.96. The summed E-state index contributed by atoms with van der Waals surface area (Å²) in [6.45, 7) is 1.81. The van der Waals surface area contributed by atoms with Crippen molar-refractivity contribution < 1.29 is 9.18 Å². The highest BCUT2D eigenvalue weighted by molar-refractivity contribution is 6.30. The van der Waals surface area contributed by atoms with Gasteiger partial charge in [0, 0.05) is 5.02 Å². The first kappa shape index (κ1) is 15.3. The van der Waals surface area contributed by atoms with Crippen molar-refractivity contribution in [3.8, 4) is 0 Å². The van der Waals surface area contributed by atoms with Gasteiger partial charge in [0.15, 0.2) is 0 Å². The van der Waals surface area contributed by atoms with Crippen molar-refractivity contribution in [1.82, 2.24) is 0 Å². The molecule has 0 spiro atoms. The van der Waals surface area contributed by atoms with Gasteiger partial charge in [0.2, 0.25) is 5.91 Å². The molecule has 21 heavy (non-hydrogen) atoms. The third kappa shape index (κ3) is 3.00. The summed E-state index contributed by atoms with van der Waals surface area (Å²) in [5.41, 5.74) is 5.28. The number of carbonyl (C=O) groups excluding carboxylic acids is 1. The average Bonchev–Trinajstić information content (AvgIpc) is 2.47. The molecule has 0 bridgehead atoms. The topological polar surface area (TPSA) is 55.1 Å². The maximum Gasteiger partial charge on any atom is 0.247 e. The van der Waals surface area contributed by atoms with Gasteiger partial charge in [-0.1, -0.05) is 42.8 Å². The standard InChI is InChI=1S/C16H16ClFN2O/c1-2-16(15(19)21,11-7-9-12(17)10-8-11)20-14-6-4-3-5-13(14)18/h3-10,20H,2H2,1H3,(H2,19,21). The van der Waals surface area contributed by atoms with Crippen molar-refractivity contribution in [2.75, 3.05) is 5.32 Å². The number of nitrogens with two attached hydrogens (primary N) is 1. The average molecular weight is 307 g/mol. The summed E-state index contributed by atoms with van der Waals surface area (Å²) in [6.07, 6.45) is 0.373. The maximum absolute atomic E-state index is 13.9. The van der Waals surface area contributed by atoms with E-state index in [4.69, 9.17) is 17.3 Å². The van der Waals surface area contributed by atoms with Crippen LogP contribution in [0.5, 0.6) is 0 Å². The molecular weight excluding hydrogens is 291 g/mol. The smallest absolute Gasteiger partial charge is 0.247 e. The number of halogens is 2. The van der Waals surface area contributed by atoms with Gasteiger partial charge < -0.3 is 11.1 Å². The molecule has 110 valence electrons. The van der Waals surface area contributed by atoms with Crippen LogP contribution in [0.25, 0.3) is 0 Å². The number of carbonyl (C=O) groups is 1. The van der Waals surface area contributed by atoms with Crippen molar-refractivity contribution in [3.05, 3.63) is 64.9 Å². The molecule has 0 radical (unpaired) electrons. The van der Waals surface area contributed by atoms with Crippen LogP contribution in [0.3, 0.4) is 0 Å². The Morgan fingerprint density at radius 2 is 1.86 bits per heavy atom. The van der Waals surface area contributed by atoms with Gasteiger partial charge in [-0.05, 0) is 36.2 Å². The van der Waals surface area contributed by atoms with Gasteiger partial charge in [0.05, 0.1) is 5.69 Å². The Morgan fingerprint density at radius 3 is 2.38 bits per heavy atom. The van der Waals surface area contributed by atoms with Crippen LogP contribution in [-0.2, 0) is 10.3 Å². The Labute approximate surface area is 127 Å². The highest BCUT2D eigenvalue weighted by atomic mass is 35.5. The quantitative estimate of drug-likeness (QED) is 0.885. The van der Waals surface area contributed by atoms with Crippen LogP contribution in [0, 0.1) is 5.82 Å². The number of primary amides is 1. The lowest BCUT2D eigenvalue weighted by molar-refractivity contribution is -0.122. The second-order valence-electron chi connectivity index (χ2n) is 4.73. The molecule has 1 unspecified atom stereocenters. The van der Waals surface area contributed by atoms with E-state index in [2.05, 4.69) is 5.32 Å². The molecule has 0 saturated carbocycles. The molecule has 3 nitrogen and oxygen atoms in total. The molecule has 0 aliphatic rings. The number of hydrogen-bond acceptors (Lipinski definition) is 2. The number of benzene rings is 2. The molecule has 0 fully saturated rings. The van der Waals surface area contributed by atoms with E-state index >= 15 is 0 Å². The maximum atomic E-state index is 13.9. The first-order valence-electron chi connectivity index (χ1n) is 6.58. The molecule has 2 rings (SSSR count). The molecule has 0 saturated heterocycles. The Kier molecular flexibility index (Phi) is 4.48. The SMILES string of the molecule is CCC(Nc1ccccc1F)(C(N)=O)c1ccc(Cl)cc1. The molecule has 0 aromatic heterocycles. The van der Waals surface area contributed by atoms with Gasteiger partial charge in [0.1, 0.15) is 11.4 Å². The van der Waals surface area contributed by atoms with Crippen LogP contribution >= 0.6 is 11.6 Å². The fourth-order valence-electron chi connectivity index (χ4n) is 2.27. The molecule has 2 aromatic carbocycles. The van der Waals surface area contributed by atoms with Gasteiger partial charge in [-0.2, -0.15) is 0 Å². The van der Waals surface area contributed by atoms with Gasteiger partial charge in [-0.25, -0.2) is 4.39 Å². The van der Waals surface area contributed by atoms with Crippen molar-refractivity contribution in [3.63, 3.8) is 0 Å². The van der Waals surface area contributed by atoms with E-state index in [9.17, 15) is 9.18 Å². The van der Waals surface area contributed by atoms with E-state index < -0.39 is 17.3 Å². The van der Waals surface area contributed by atoms with Crippen LogP contribution < -0.4 is 11.1 Å². The second-order valence-corrected chi connectivity index (χ2v) is 5.17. The zero-order valence-electron chi connectivity index (χ0n) is 11.6. The minimum Gasteiger partial charge on any atom is -0.367 e. The highest BCUT2D eigenvalue weighted by Gasteiger charge is 2.37. The van der Waals surface area contributed by atoms with E-state index in [0.29, 0.717) is 17.0 Å². The lowest BCUT2D eigenvalue weighted by atomic mass is 9.86. The summed E-state index contributed by atoms with van der Waals surface area (Å²) in [5.74, 6) is -1.01. The zero-order valence-corrected chi connectivity index (χ0v) is 12.3. The van der Waals surface area contributed by atoms with Gasteiger partial charge in [-0.15, -0.1) is 0 Å². The summed E-state index contributed by atoms with van der Waals surface area (Å²) in [6, 6.07) is 12.9. The van der Waals surface area contributed by atoms with Gasteiger partial charge >= 0.3 is 0 Å². The number of rotatable bonds is 5. The van der Waals surface area contributed by atoms with Crippen molar-refractivity contribution in [2.24, 2.45) is 5.73 Å². The lowest BCUT2D eigenvalue weighted by Crippen LogP contribution is -2.47. The van der Waals surface area contributed by atoms with E-state index in [-0.39, 0.29) is 5.69 Å². The fourth-order valence-corrected chi connectivity index (χ4v) is 2.40. The molecule has 1 atom stereocenters. The Morgan fingerprint density at radius 1 is 1.24 bits per heavy atom. The minimum absolute atomic E-state index is 0.230. The van der Waals surface area contributed by atoms with Crippen LogP contribution in [-0.4, -0.2) is 5.91 Å². The Bertz CT molecular complexity index is 645. The Balaban J connectivity index is 2.50. The highest BCUT2D eigenvalue weighted by Crippen LogP contribution is 2.31. The molecule has 0 aliphatic carbocycles. The number of anilines is 1. The third-order valence-corrected chi connectivity index (χ3v) is 3.76. The third-order valence-electron chi connectivity index (χ3n) is 3.51. The number of amides is 1. The summed E-state index contributed by atoms with van der Waals surface area (Å²) in [7, 11) is 0. The largest absolute Gasteiger partial charge is 0.367 e. The normalized spacial score (nSPS) is 13.5. The van der Waals surface area contributed by atoms with E-state index in [0.717, 1.165) is 0 Å². The second kappa shape index (κ2) is 6.14. The van der Waals surface area contributed by atoms with Crippen molar-refractivity contribution in [1.29, 1.82) is 0 Å². The molecule has 1 amide bonds. The summed E-state index contributed by atoms with van der Waals surface area (Å²) in [4.78, 5) is 12.1. The zero-order chi connectivity index (χ0) is 15.5. The summed E-state index contributed by atoms with van der Waals surface area (Å²) in [5, 5.41) is 3.51. The molecule has 0 heterocycles. The molecular formula is C16H16ClFN2O. The van der Waals surface area contributed by atoms with Crippen LogP contribution in [0.15, 0.2) is 48.5 Å². The van der Waals surface area contributed by atoms with E-state index in [1.54, 1.807) is 42.5 Å². The number of para-hydroxylation sites is 1. The lowest BCUT2D eigenvalue weighted by Gasteiger charge is -2.32. The van der Waals surface area contributed by atoms with E-state index in [1.807, 2.05) is 6.92 Å². The number of nitrogens with one attached hydrogen (secondary N) is 1. The van der Waals surface area contributed by atoms with Crippen LogP contribution in [0.1, 0.15) is 18.9 Å². The summed E-state index contributed by atoms with van der Waals surface area (Å²) >= 11 is 5.87. The molecule has 2 aromatic rings. The predicted molar refractivity (Wildman–Crippen MR) is 82.6 cm³/mol. The molecule has 0 aliphatic heterocycles. The van der Waals surface area contributed by atoms with E-state index in [1.165, 1.54) is 6.07 Å². The van der Waals surface area contributed by atoms with Gasteiger partial charge in [-0.3, -0.25) is 4.79 Å². The van der Waals surface area contributed by atoms with Crippen molar-refractivity contribution >= 4 is 23.2 Å². The fraction of sp³-hybridized carbons (Fsp3) is 0.188. The molecule has 5 heteroatoms. The van der Waals surface area contributed by atoms with Crippen LogP contribution in [0.2, 0.25) is 5.02 Å². The summed E-state index contributed by atoms with van der Waals surface area (Å²) < 4.78 is 13.9. The Hall–Kier alpha value is -2.07. The van der Waals surface area contributed by atoms with Gasteiger partial charge in [0.25, 0.3) is 0 Å². The monoisotopic (exact) mass is 306 g/mol. The van der Waals surface area contributed by atoms with Crippen molar-refractivity contribution in [2.45, 2.75) is 18.9 Å². The predicted octanol–water partition coefficient (Wildman–Crippen LogP) is 3.68. The number of hydrogen-bond donors (Lipinski definition) is 2. The first-order chi connectivity index (χ1) is 9.99. The minimum atomic E-state index is -1.19. The molecule has 3 N–H and O–H groups in total. The van der Waals surface area contributed by atoms with Crippen LogP contribution in [0.4, 0.5) is 10.1 Å².